The van der Waals surface area contributed by atoms with Crippen molar-refractivity contribution in [2.24, 2.45) is 0 Å². The lowest BCUT2D eigenvalue weighted by Gasteiger charge is -2.19. The van der Waals surface area contributed by atoms with Crippen LogP contribution in [0.2, 0.25) is 0 Å². The van der Waals surface area contributed by atoms with E-state index in [1.54, 1.807) is 24.0 Å². The van der Waals surface area contributed by atoms with Crippen molar-refractivity contribution in [3.8, 4) is 11.4 Å². The minimum absolute atomic E-state index is 0.0728. The monoisotopic (exact) mass is 477 g/mol. The third kappa shape index (κ3) is 5.56. The normalized spacial score (nSPS) is 11.1. The highest BCUT2D eigenvalue weighted by molar-refractivity contribution is 5.94. The Balaban J connectivity index is 1.35. The number of carbonyl (C=O) groups is 2. The Labute approximate surface area is 202 Å². The molecule has 4 aromatic rings. The largest absolute Gasteiger partial charge is 0.342 e. The number of amides is 2. The highest BCUT2D eigenvalue weighted by Crippen LogP contribution is 2.22. The summed E-state index contributed by atoms with van der Waals surface area (Å²) < 4.78 is 20.6. The molecule has 0 aliphatic heterocycles. The van der Waals surface area contributed by atoms with Gasteiger partial charge in [0.05, 0.1) is 0 Å². The summed E-state index contributed by atoms with van der Waals surface area (Å²) in [5, 5.41) is 7.75. The molecule has 1 N–H and O–H groups in total. The summed E-state index contributed by atoms with van der Waals surface area (Å²) in [6.07, 6.45) is 2.33. The lowest BCUT2D eigenvalue weighted by Crippen LogP contribution is -2.33. The number of carbonyl (C=O) groups excluding carboxylic acids is 2. The Morgan fingerprint density at radius 1 is 1.11 bits per heavy atom. The zero-order chi connectivity index (χ0) is 24.9. The third-order valence-electron chi connectivity index (χ3n) is 5.93. The highest BCUT2D eigenvalue weighted by Gasteiger charge is 2.14. The van der Waals surface area contributed by atoms with Gasteiger partial charge in [0, 0.05) is 54.3 Å². The van der Waals surface area contributed by atoms with Gasteiger partial charge >= 0.3 is 0 Å². The molecule has 9 heteroatoms. The number of aromatic nitrogens is 3. The first-order chi connectivity index (χ1) is 16.9. The molecule has 0 saturated heterocycles. The molecule has 35 heavy (non-hydrogen) atoms. The number of hydrogen-bond donors (Lipinski definition) is 1. The number of hydrogen-bond acceptors (Lipinski definition) is 5. The summed E-state index contributed by atoms with van der Waals surface area (Å²) in [5.41, 5.74) is 2.75. The zero-order valence-electron chi connectivity index (χ0n) is 20.0. The van der Waals surface area contributed by atoms with Crippen molar-refractivity contribution in [3.05, 3.63) is 65.9 Å². The first-order valence-corrected chi connectivity index (χ1v) is 11.6. The SMILES string of the molecule is CCN(CC)C(=O)Cn1ccc2cc(NC(=O)CCc3nc(-c4ccc(F)c(C)c4)no3)ccc21. The van der Waals surface area contributed by atoms with Crippen LogP contribution in [0.3, 0.4) is 0 Å². The Morgan fingerprint density at radius 2 is 1.91 bits per heavy atom. The molecule has 0 atom stereocenters. The minimum Gasteiger partial charge on any atom is -0.342 e. The molecule has 8 nitrogen and oxygen atoms in total. The van der Waals surface area contributed by atoms with Crippen LogP contribution in [-0.4, -0.2) is 44.5 Å². The maximum atomic E-state index is 13.5. The molecule has 0 radical (unpaired) electrons. The summed E-state index contributed by atoms with van der Waals surface area (Å²) in [6.45, 7) is 7.24. The summed E-state index contributed by atoms with van der Waals surface area (Å²) in [7, 11) is 0. The van der Waals surface area contributed by atoms with Gasteiger partial charge in [-0.05, 0) is 68.8 Å². The van der Waals surface area contributed by atoms with Crippen molar-refractivity contribution < 1.29 is 18.5 Å². The number of rotatable bonds is 9. The average molecular weight is 478 g/mol. The average Bonchev–Trinajstić information content (AvgIpc) is 3.47. The summed E-state index contributed by atoms with van der Waals surface area (Å²) >= 11 is 0. The van der Waals surface area contributed by atoms with Gasteiger partial charge in [-0.3, -0.25) is 9.59 Å². The second-order valence-electron chi connectivity index (χ2n) is 8.31. The first kappa shape index (κ1) is 24.1. The van der Waals surface area contributed by atoms with Crippen molar-refractivity contribution in [2.45, 2.75) is 40.2 Å². The Kier molecular flexibility index (Phi) is 7.24. The molecule has 2 heterocycles. The Morgan fingerprint density at radius 3 is 2.66 bits per heavy atom. The van der Waals surface area contributed by atoms with E-state index in [9.17, 15) is 14.0 Å². The van der Waals surface area contributed by atoms with Gasteiger partial charge in [-0.25, -0.2) is 4.39 Å². The van der Waals surface area contributed by atoms with E-state index in [4.69, 9.17) is 4.52 Å². The second kappa shape index (κ2) is 10.5. The Hall–Kier alpha value is -4.01. The van der Waals surface area contributed by atoms with Gasteiger partial charge in [-0.15, -0.1) is 0 Å². The van der Waals surface area contributed by atoms with E-state index in [1.165, 1.54) is 6.07 Å². The Bertz CT molecular complexity index is 1360. The van der Waals surface area contributed by atoms with Gasteiger partial charge in [0.15, 0.2) is 0 Å². The van der Waals surface area contributed by atoms with E-state index >= 15 is 0 Å². The fourth-order valence-corrected chi connectivity index (χ4v) is 3.94. The summed E-state index contributed by atoms with van der Waals surface area (Å²) in [4.78, 5) is 31.0. The fraction of sp³-hybridized carbons (Fsp3) is 0.308. The number of benzene rings is 2. The van der Waals surface area contributed by atoms with E-state index in [1.807, 2.05) is 48.9 Å². The maximum absolute atomic E-state index is 13.5. The van der Waals surface area contributed by atoms with Gasteiger partial charge in [0.25, 0.3) is 0 Å². The van der Waals surface area contributed by atoms with E-state index in [2.05, 4.69) is 15.5 Å². The lowest BCUT2D eigenvalue weighted by atomic mass is 10.1. The van der Waals surface area contributed by atoms with Crippen molar-refractivity contribution in [1.29, 1.82) is 0 Å². The molecular formula is C26H28FN5O3. The number of fused-ring (bicyclic) bond motifs is 1. The molecule has 0 bridgehead atoms. The van der Waals surface area contributed by atoms with Gasteiger partial charge in [0.1, 0.15) is 12.4 Å². The fourth-order valence-electron chi connectivity index (χ4n) is 3.94. The molecule has 0 saturated carbocycles. The molecule has 2 amide bonds. The van der Waals surface area contributed by atoms with E-state index in [-0.39, 0.29) is 37.0 Å². The molecule has 0 spiro atoms. The van der Waals surface area contributed by atoms with Crippen LogP contribution in [0.1, 0.15) is 31.7 Å². The van der Waals surface area contributed by atoms with E-state index in [0.29, 0.717) is 41.6 Å². The van der Waals surface area contributed by atoms with Crippen LogP contribution in [0.15, 0.2) is 53.2 Å². The molecule has 4 rings (SSSR count). The molecule has 2 aromatic carbocycles. The van der Waals surface area contributed by atoms with Gasteiger partial charge in [-0.2, -0.15) is 4.98 Å². The van der Waals surface area contributed by atoms with Gasteiger partial charge < -0.3 is 19.3 Å². The summed E-state index contributed by atoms with van der Waals surface area (Å²) in [6, 6.07) is 12.1. The van der Waals surface area contributed by atoms with Crippen molar-refractivity contribution in [2.75, 3.05) is 18.4 Å². The smallest absolute Gasteiger partial charge is 0.242 e. The second-order valence-corrected chi connectivity index (χ2v) is 8.31. The molecular weight excluding hydrogens is 449 g/mol. The predicted octanol–water partition coefficient (Wildman–Crippen LogP) is 4.58. The molecule has 0 unspecified atom stereocenters. The lowest BCUT2D eigenvalue weighted by molar-refractivity contribution is -0.131. The quantitative estimate of drug-likeness (QED) is 0.381. The number of anilines is 1. The number of nitrogens with zero attached hydrogens (tertiary/aromatic N) is 4. The van der Waals surface area contributed by atoms with Crippen LogP contribution in [0, 0.1) is 12.7 Å². The molecule has 182 valence electrons. The van der Waals surface area contributed by atoms with Crippen LogP contribution in [0.5, 0.6) is 0 Å². The number of nitrogens with one attached hydrogen (secondary N) is 1. The van der Waals surface area contributed by atoms with E-state index in [0.717, 1.165) is 10.9 Å². The molecule has 0 aliphatic carbocycles. The van der Waals surface area contributed by atoms with Crippen molar-refractivity contribution in [1.82, 2.24) is 19.6 Å². The van der Waals surface area contributed by atoms with Crippen molar-refractivity contribution in [3.63, 3.8) is 0 Å². The molecule has 2 aromatic heterocycles. The topological polar surface area (TPSA) is 93.3 Å². The van der Waals surface area contributed by atoms with E-state index < -0.39 is 0 Å². The van der Waals surface area contributed by atoms with Crippen LogP contribution in [0.25, 0.3) is 22.3 Å². The number of aryl methyl sites for hydroxylation is 2. The summed E-state index contributed by atoms with van der Waals surface area (Å²) in [5.74, 6) is 0.291. The predicted molar refractivity (Wildman–Crippen MR) is 131 cm³/mol. The van der Waals surface area contributed by atoms with Crippen LogP contribution >= 0.6 is 0 Å². The maximum Gasteiger partial charge on any atom is 0.242 e. The van der Waals surface area contributed by atoms with Crippen LogP contribution < -0.4 is 5.32 Å². The van der Waals surface area contributed by atoms with Crippen LogP contribution in [-0.2, 0) is 22.6 Å². The van der Waals surface area contributed by atoms with Crippen LogP contribution in [0.4, 0.5) is 10.1 Å². The molecule has 0 aliphatic rings. The number of halogens is 1. The minimum atomic E-state index is -0.294. The third-order valence-corrected chi connectivity index (χ3v) is 5.93. The van der Waals surface area contributed by atoms with Crippen molar-refractivity contribution >= 4 is 28.4 Å². The zero-order valence-corrected chi connectivity index (χ0v) is 20.0. The number of likely N-dealkylation sites (N-methyl/N-ethyl adjacent to an activating group) is 1. The highest BCUT2D eigenvalue weighted by atomic mass is 19.1. The standard InChI is InChI=1S/C26H28FN5O3/c1-4-31(5-2)25(34)16-32-13-12-18-15-20(7-9-22(18)32)28-23(33)10-11-24-29-26(30-35-24)19-6-8-21(27)17(3)14-19/h6-9,12-15H,4-5,10-11,16H2,1-3H3,(H,28,33). The van der Waals surface area contributed by atoms with Gasteiger partial charge in [0.2, 0.25) is 23.5 Å². The first-order valence-electron chi connectivity index (χ1n) is 11.6. The van der Waals surface area contributed by atoms with Gasteiger partial charge in [-0.1, -0.05) is 5.16 Å². The molecule has 0 fully saturated rings.